The van der Waals surface area contributed by atoms with Gasteiger partial charge in [-0.2, -0.15) is 0 Å². The Labute approximate surface area is 50.0 Å². The smallest absolute Gasteiger partial charge is 0.0551 e. The van der Waals surface area contributed by atoms with Gasteiger partial charge in [0.15, 0.2) is 0 Å². The summed E-state index contributed by atoms with van der Waals surface area (Å²) < 4.78 is 5.28. The van der Waals surface area contributed by atoms with E-state index in [2.05, 4.69) is 6.92 Å². The summed E-state index contributed by atoms with van der Waals surface area (Å²) in [4.78, 5) is 0. The minimum atomic E-state index is 0.448. The van der Waals surface area contributed by atoms with Gasteiger partial charge in [0.1, 0.15) is 0 Å². The van der Waals surface area contributed by atoms with E-state index in [9.17, 15) is 0 Å². The van der Waals surface area contributed by atoms with Crippen LogP contribution in [-0.4, -0.2) is 19.3 Å². The van der Waals surface area contributed by atoms with Gasteiger partial charge < -0.3 is 10.5 Å². The molecule has 2 nitrogen and oxygen atoms in total. The van der Waals surface area contributed by atoms with Gasteiger partial charge in [-0.05, 0) is 25.8 Å². The number of hydrogen-bond donors (Lipinski definition) is 1. The predicted octanol–water partition coefficient (Wildman–Crippen LogP) is 0.370. The topological polar surface area (TPSA) is 35.2 Å². The Kier molecular flexibility index (Phi) is 1.86. The lowest BCUT2D eigenvalue weighted by Crippen LogP contribution is -2.13. The molecule has 2 heteroatoms. The molecule has 0 amide bonds. The minimum Gasteiger partial charge on any atom is -0.378 e. The second-order valence-corrected chi connectivity index (χ2v) is 2.48. The highest BCUT2D eigenvalue weighted by Crippen LogP contribution is 2.16. The van der Waals surface area contributed by atoms with Crippen molar-refractivity contribution >= 4 is 0 Å². The zero-order valence-electron chi connectivity index (χ0n) is 5.26. The molecule has 1 saturated heterocycles. The zero-order valence-corrected chi connectivity index (χ0v) is 5.26. The largest absolute Gasteiger partial charge is 0.378 e. The van der Waals surface area contributed by atoms with E-state index in [4.69, 9.17) is 10.5 Å². The average Bonchev–Trinajstić information content (AvgIpc) is 2.14. The molecular formula is C6H13NO. The van der Waals surface area contributed by atoms with Gasteiger partial charge >= 0.3 is 0 Å². The van der Waals surface area contributed by atoms with Crippen molar-refractivity contribution in [1.82, 2.24) is 0 Å². The molecule has 1 fully saturated rings. The summed E-state index contributed by atoms with van der Waals surface area (Å²) >= 11 is 0. The summed E-state index contributed by atoms with van der Waals surface area (Å²) in [5, 5.41) is 0. The molecule has 2 unspecified atom stereocenters. The third-order valence-corrected chi connectivity index (χ3v) is 1.62. The van der Waals surface area contributed by atoms with Gasteiger partial charge in [-0.3, -0.25) is 0 Å². The van der Waals surface area contributed by atoms with E-state index in [1.54, 1.807) is 0 Å². The summed E-state index contributed by atoms with van der Waals surface area (Å²) in [6, 6.07) is 0. The molecule has 0 radical (unpaired) electrons. The van der Waals surface area contributed by atoms with E-state index in [1.165, 1.54) is 0 Å². The number of nitrogens with two attached hydrogens (primary N) is 1. The Morgan fingerprint density at radius 1 is 1.75 bits per heavy atom. The van der Waals surface area contributed by atoms with Crippen molar-refractivity contribution in [2.24, 2.45) is 11.7 Å². The standard InChI is InChI=1S/C6H13NO/c1-5-2-6(3-7)4-8-5/h5-6H,2-4,7H2,1H3. The van der Waals surface area contributed by atoms with Gasteiger partial charge in [0, 0.05) is 0 Å². The SMILES string of the molecule is CC1CC(CN)CO1. The molecule has 0 aromatic rings. The molecule has 0 aromatic heterocycles. The van der Waals surface area contributed by atoms with E-state index in [-0.39, 0.29) is 0 Å². The summed E-state index contributed by atoms with van der Waals surface area (Å²) in [7, 11) is 0. The molecule has 1 rings (SSSR count). The second kappa shape index (κ2) is 2.46. The van der Waals surface area contributed by atoms with Crippen LogP contribution in [0.15, 0.2) is 0 Å². The summed E-state index contributed by atoms with van der Waals surface area (Å²) in [6.45, 7) is 3.75. The first-order valence-electron chi connectivity index (χ1n) is 3.14. The molecule has 2 atom stereocenters. The lowest BCUT2D eigenvalue weighted by atomic mass is 10.1. The Balaban J connectivity index is 2.22. The first-order chi connectivity index (χ1) is 3.83. The fraction of sp³-hybridized carbons (Fsp3) is 1.00. The minimum absolute atomic E-state index is 0.448. The number of ether oxygens (including phenoxy) is 1. The van der Waals surface area contributed by atoms with Crippen LogP contribution in [0.25, 0.3) is 0 Å². The van der Waals surface area contributed by atoms with E-state index in [1.807, 2.05) is 0 Å². The van der Waals surface area contributed by atoms with Crippen LogP contribution in [0.2, 0.25) is 0 Å². The van der Waals surface area contributed by atoms with Crippen molar-refractivity contribution in [3.8, 4) is 0 Å². The maximum Gasteiger partial charge on any atom is 0.0551 e. The third-order valence-electron chi connectivity index (χ3n) is 1.62. The summed E-state index contributed by atoms with van der Waals surface area (Å²) in [5.41, 5.74) is 5.42. The predicted molar refractivity (Wildman–Crippen MR) is 32.6 cm³/mol. The number of hydrogen-bond acceptors (Lipinski definition) is 2. The molecule has 0 aliphatic carbocycles. The van der Waals surface area contributed by atoms with Gasteiger partial charge in [0.25, 0.3) is 0 Å². The van der Waals surface area contributed by atoms with Crippen LogP contribution in [0.4, 0.5) is 0 Å². The first-order valence-corrected chi connectivity index (χ1v) is 3.14. The molecular weight excluding hydrogens is 102 g/mol. The van der Waals surface area contributed by atoms with Crippen molar-refractivity contribution < 1.29 is 4.74 Å². The first kappa shape index (κ1) is 6.05. The van der Waals surface area contributed by atoms with Crippen LogP contribution < -0.4 is 5.73 Å². The van der Waals surface area contributed by atoms with E-state index in [0.29, 0.717) is 12.0 Å². The Bertz CT molecular complexity index is 74.9. The molecule has 48 valence electrons. The number of rotatable bonds is 1. The van der Waals surface area contributed by atoms with E-state index in [0.717, 1.165) is 19.6 Å². The highest BCUT2D eigenvalue weighted by molar-refractivity contribution is 4.69. The lowest BCUT2D eigenvalue weighted by molar-refractivity contribution is 0.120. The van der Waals surface area contributed by atoms with Crippen LogP contribution in [0.1, 0.15) is 13.3 Å². The van der Waals surface area contributed by atoms with Crippen LogP contribution in [0.5, 0.6) is 0 Å². The Morgan fingerprint density at radius 3 is 2.75 bits per heavy atom. The molecule has 1 aliphatic heterocycles. The molecule has 1 heterocycles. The second-order valence-electron chi connectivity index (χ2n) is 2.48. The van der Waals surface area contributed by atoms with E-state index >= 15 is 0 Å². The van der Waals surface area contributed by atoms with Gasteiger partial charge in [-0.25, -0.2) is 0 Å². The summed E-state index contributed by atoms with van der Waals surface area (Å²) in [6.07, 6.45) is 1.60. The van der Waals surface area contributed by atoms with Gasteiger partial charge in [0.05, 0.1) is 12.7 Å². The highest BCUT2D eigenvalue weighted by Gasteiger charge is 2.19. The zero-order chi connectivity index (χ0) is 5.98. The van der Waals surface area contributed by atoms with Crippen LogP contribution in [0, 0.1) is 5.92 Å². The monoisotopic (exact) mass is 115 g/mol. The molecule has 0 spiro atoms. The molecule has 0 aromatic carbocycles. The Hall–Kier alpha value is -0.0800. The molecule has 2 N–H and O–H groups in total. The van der Waals surface area contributed by atoms with Crippen molar-refractivity contribution in [1.29, 1.82) is 0 Å². The van der Waals surface area contributed by atoms with Crippen LogP contribution in [-0.2, 0) is 4.74 Å². The van der Waals surface area contributed by atoms with Crippen LogP contribution >= 0.6 is 0 Å². The van der Waals surface area contributed by atoms with Gasteiger partial charge in [0.2, 0.25) is 0 Å². The highest BCUT2D eigenvalue weighted by atomic mass is 16.5. The van der Waals surface area contributed by atoms with Crippen molar-refractivity contribution in [3.05, 3.63) is 0 Å². The average molecular weight is 115 g/mol. The van der Waals surface area contributed by atoms with Crippen LogP contribution in [0.3, 0.4) is 0 Å². The van der Waals surface area contributed by atoms with Crippen molar-refractivity contribution in [2.75, 3.05) is 13.2 Å². The fourth-order valence-corrected chi connectivity index (χ4v) is 1.07. The molecule has 1 aliphatic rings. The lowest BCUT2D eigenvalue weighted by Gasteiger charge is -1.98. The Morgan fingerprint density at radius 2 is 2.50 bits per heavy atom. The summed E-state index contributed by atoms with van der Waals surface area (Å²) in [5.74, 6) is 0.630. The fourth-order valence-electron chi connectivity index (χ4n) is 1.07. The van der Waals surface area contributed by atoms with Crippen molar-refractivity contribution in [2.45, 2.75) is 19.4 Å². The third kappa shape index (κ3) is 1.20. The maximum absolute atomic E-state index is 5.42. The van der Waals surface area contributed by atoms with Gasteiger partial charge in [-0.15, -0.1) is 0 Å². The van der Waals surface area contributed by atoms with Gasteiger partial charge in [-0.1, -0.05) is 0 Å². The quantitative estimate of drug-likeness (QED) is 0.536. The normalized spacial score (nSPS) is 38.2. The maximum atomic E-state index is 5.42. The molecule has 0 saturated carbocycles. The van der Waals surface area contributed by atoms with Crippen molar-refractivity contribution in [3.63, 3.8) is 0 Å². The van der Waals surface area contributed by atoms with E-state index < -0.39 is 0 Å². The molecule has 8 heavy (non-hydrogen) atoms. The molecule has 0 bridgehead atoms.